The van der Waals surface area contributed by atoms with E-state index in [9.17, 15) is 14.4 Å². The maximum absolute atomic E-state index is 13.4. The van der Waals surface area contributed by atoms with Gasteiger partial charge in [0.15, 0.2) is 5.78 Å². The molecule has 7 nitrogen and oxygen atoms in total. The van der Waals surface area contributed by atoms with Gasteiger partial charge in [-0.2, -0.15) is 0 Å². The van der Waals surface area contributed by atoms with Crippen molar-refractivity contribution in [1.29, 1.82) is 5.41 Å². The SMILES string of the molecule is C=CC(=O)NC[C@@H](C(=N)C(=O)[C@H](Cc1nc2ccc(CC)cc2s1)NC(C)=O)C1CCCC1. The summed E-state index contributed by atoms with van der Waals surface area (Å²) < 4.78 is 1.05. The van der Waals surface area contributed by atoms with E-state index in [0.717, 1.165) is 47.3 Å². The van der Waals surface area contributed by atoms with E-state index in [0.29, 0.717) is 0 Å². The molecule has 3 rings (SSSR count). The van der Waals surface area contributed by atoms with Gasteiger partial charge in [-0.05, 0) is 49.0 Å². The Morgan fingerprint density at radius 3 is 2.67 bits per heavy atom. The molecule has 2 atom stereocenters. The smallest absolute Gasteiger partial charge is 0.243 e. The number of aryl methyl sites for hydroxylation is 1. The van der Waals surface area contributed by atoms with E-state index in [1.165, 1.54) is 29.9 Å². The first-order valence-corrected chi connectivity index (χ1v) is 12.3. The summed E-state index contributed by atoms with van der Waals surface area (Å²) in [6, 6.07) is 5.26. The van der Waals surface area contributed by atoms with E-state index < -0.39 is 11.8 Å². The lowest BCUT2D eigenvalue weighted by molar-refractivity contribution is -0.123. The Kier molecular flexibility index (Phi) is 8.49. The van der Waals surface area contributed by atoms with Gasteiger partial charge in [-0.25, -0.2) is 4.98 Å². The summed E-state index contributed by atoms with van der Waals surface area (Å²) in [7, 11) is 0. The monoisotopic (exact) mass is 468 g/mol. The Balaban J connectivity index is 1.81. The van der Waals surface area contributed by atoms with Crippen molar-refractivity contribution in [2.75, 3.05) is 6.54 Å². The van der Waals surface area contributed by atoms with Crippen molar-refractivity contribution in [3.8, 4) is 0 Å². The number of ketones is 1. The number of nitrogens with one attached hydrogen (secondary N) is 3. The van der Waals surface area contributed by atoms with Crippen molar-refractivity contribution in [2.24, 2.45) is 11.8 Å². The van der Waals surface area contributed by atoms with Crippen LogP contribution in [0.15, 0.2) is 30.9 Å². The van der Waals surface area contributed by atoms with Crippen LogP contribution in [-0.2, 0) is 27.2 Å². The van der Waals surface area contributed by atoms with Crippen LogP contribution in [0, 0.1) is 17.2 Å². The minimum absolute atomic E-state index is 0.0422. The molecule has 1 fully saturated rings. The van der Waals surface area contributed by atoms with Crippen LogP contribution >= 0.6 is 11.3 Å². The highest BCUT2D eigenvalue weighted by Crippen LogP contribution is 2.32. The molecule has 3 N–H and O–H groups in total. The van der Waals surface area contributed by atoms with Crippen LogP contribution in [0.3, 0.4) is 0 Å². The van der Waals surface area contributed by atoms with Gasteiger partial charge in [0.2, 0.25) is 11.8 Å². The number of aromatic nitrogens is 1. The highest BCUT2D eigenvalue weighted by atomic mass is 32.1. The van der Waals surface area contributed by atoms with Crippen molar-refractivity contribution in [3.05, 3.63) is 41.4 Å². The van der Waals surface area contributed by atoms with Gasteiger partial charge in [0.05, 0.1) is 27.0 Å². The number of hydrogen-bond donors (Lipinski definition) is 3. The fourth-order valence-electron chi connectivity index (χ4n) is 4.47. The summed E-state index contributed by atoms with van der Waals surface area (Å²) in [6.07, 6.45) is 6.31. The van der Waals surface area contributed by atoms with Crippen LogP contribution in [0.25, 0.3) is 10.2 Å². The molecule has 8 heteroatoms. The number of thiazole rings is 1. The lowest BCUT2D eigenvalue weighted by atomic mass is 9.83. The maximum atomic E-state index is 13.4. The number of benzene rings is 1. The molecule has 176 valence electrons. The van der Waals surface area contributed by atoms with Crippen LogP contribution in [0.4, 0.5) is 0 Å². The summed E-state index contributed by atoms with van der Waals surface area (Å²) in [5.74, 6) is -1.28. The molecule has 1 aliphatic rings. The Morgan fingerprint density at radius 1 is 1.30 bits per heavy atom. The number of Topliss-reactive ketones (excluding diaryl/α,β-unsaturated/α-hetero) is 1. The van der Waals surface area contributed by atoms with E-state index in [1.807, 2.05) is 12.1 Å². The number of fused-ring (bicyclic) bond motifs is 1. The Bertz CT molecular complexity index is 1060. The minimum atomic E-state index is -0.861. The average Bonchev–Trinajstić information content (AvgIpc) is 3.46. The van der Waals surface area contributed by atoms with Gasteiger partial charge < -0.3 is 16.0 Å². The van der Waals surface area contributed by atoms with Crippen molar-refractivity contribution in [1.82, 2.24) is 15.6 Å². The number of nitrogens with zero attached hydrogens (tertiary/aromatic N) is 1. The molecule has 2 aromatic rings. The molecule has 1 saturated carbocycles. The molecular formula is C25H32N4O3S. The average molecular weight is 469 g/mol. The summed E-state index contributed by atoms with van der Waals surface area (Å²) in [5.41, 5.74) is 2.04. The van der Waals surface area contributed by atoms with Gasteiger partial charge in [-0.3, -0.25) is 14.4 Å². The van der Waals surface area contributed by atoms with Crippen molar-refractivity contribution >= 4 is 44.9 Å². The summed E-state index contributed by atoms with van der Waals surface area (Å²) >= 11 is 1.51. The molecule has 0 spiro atoms. The summed E-state index contributed by atoms with van der Waals surface area (Å²) in [4.78, 5) is 41.7. The van der Waals surface area contributed by atoms with E-state index in [4.69, 9.17) is 5.41 Å². The van der Waals surface area contributed by atoms with E-state index in [-0.39, 0.29) is 42.3 Å². The van der Waals surface area contributed by atoms with Gasteiger partial charge >= 0.3 is 0 Å². The molecule has 0 unspecified atom stereocenters. The molecule has 1 heterocycles. The van der Waals surface area contributed by atoms with E-state index >= 15 is 0 Å². The molecule has 0 saturated heterocycles. The number of carbonyl (C=O) groups excluding carboxylic acids is 3. The molecule has 0 aliphatic heterocycles. The zero-order valence-corrected chi connectivity index (χ0v) is 20.1. The molecule has 0 radical (unpaired) electrons. The number of amides is 2. The zero-order chi connectivity index (χ0) is 24.0. The Morgan fingerprint density at radius 2 is 2.03 bits per heavy atom. The third-order valence-electron chi connectivity index (χ3n) is 6.26. The standard InChI is InChI=1S/C25H32N4O3S/c1-4-16-10-11-19-21(12-16)33-23(29-19)13-20(28-15(3)30)25(32)24(26)18(14-27-22(31)5-2)17-8-6-7-9-17/h5,10-12,17-18,20,26H,2,4,6-9,13-14H2,1,3H3,(H,27,31)(H,28,30)/t18-,20+/m1/s1. The molecule has 1 aliphatic carbocycles. The topological polar surface area (TPSA) is 112 Å². The Hall–Kier alpha value is -2.87. The molecule has 33 heavy (non-hydrogen) atoms. The van der Waals surface area contributed by atoms with Crippen molar-refractivity contribution in [3.63, 3.8) is 0 Å². The highest BCUT2D eigenvalue weighted by Gasteiger charge is 2.35. The van der Waals surface area contributed by atoms with E-state index in [2.05, 4.69) is 35.2 Å². The van der Waals surface area contributed by atoms with Crippen molar-refractivity contribution in [2.45, 2.75) is 58.4 Å². The van der Waals surface area contributed by atoms with Gasteiger partial charge in [-0.15, -0.1) is 11.3 Å². The first-order valence-electron chi connectivity index (χ1n) is 11.5. The lowest BCUT2D eigenvalue weighted by Gasteiger charge is -2.26. The van der Waals surface area contributed by atoms with Crippen LogP contribution in [0.5, 0.6) is 0 Å². The zero-order valence-electron chi connectivity index (χ0n) is 19.3. The molecule has 1 aromatic carbocycles. The molecule has 1 aromatic heterocycles. The van der Waals surface area contributed by atoms with Gasteiger partial charge in [0.1, 0.15) is 0 Å². The third kappa shape index (κ3) is 6.35. The van der Waals surface area contributed by atoms with Crippen LogP contribution in [0.1, 0.15) is 50.1 Å². The Labute approximate surface area is 198 Å². The number of rotatable bonds is 11. The van der Waals surface area contributed by atoms with Gasteiger partial charge in [0, 0.05) is 25.8 Å². The number of carbonyl (C=O) groups is 3. The minimum Gasteiger partial charge on any atom is -0.352 e. The summed E-state index contributed by atoms with van der Waals surface area (Å²) in [5, 5.41) is 15.0. The molecular weight excluding hydrogens is 436 g/mol. The predicted octanol–water partition coefficient (Wildman–Crippen LogP) is 3.60. The molecule has 2 amide bonds. The fourth-order valence-corrected chi connectivity index (χ4v) is 5.55. The third-order valence-corrected chi connectivity index (χ3v) is 7.31. The summed E-state index contributed by atoms with van der Waals surface area (Å²) in [6.45, 7) is 7.15. The van der Waals surface area contributed by atoms with Gasteiger partial charge in [-0.1, -0.05) is 32.4 Å². The van der Waals surface area contributed by atoms with E-state index in [1.54, 1.807) is 0 Å². The quantitative estimate of drug-likeness (QED) is 0.345. The number of hydrogen-bond acceptors (Lipinski definition) is 6. The van der Waals surface area contributed by atoms with Gasteiger partial charge in [0.25, 0.3) is 0 Å². The first-order chi connectivity index (χ1) is 15.8. The normalized spacial score (nSPS) is 15.7. The van der Waals surface area contributed by atoms with Crippen LogP contribution in [-0.4, -0.2) is 40.9 Å². The second-order valence-corrected chi connectivity index (χ2v) is 9.71. The highest BCUT2D eigenvalue weighted by molar-refractivity contribution is 7.18. The van der Waals surface area contributed by atoms with Crippen molar-refractivity contribution < 1.29 is 14.4 Å². The fraction of sp³-hybridized carbons (Fsp3) is 0.480. The maximum Gasteiger partial charge on any atom is 0.243 e. The largest absolute Gasteiger partial charge is 0.352 e. The predicted molar refractivity (Wildman–Crippen MR) is 132 cm³/mol. The van der Waals surface area contributed by atoms with Crippen LogP contribution in [0.2, 0.25) is 0 Å². The lowest BCUT2D eigenvalue weighted by Crippen LogP contribution is -2.48. The second-order valence-electron chi connectivity index (χ2n) is 8.60. The van der Waals surface area contributed by atoms with Crippen LogP contribution < -0.4 is 10.6 Å². The second kappa shape index (κ2) is 11.3. The first kappa shape index (κ1) is 24.8. The molecule has 0 bridgehead atoms.